The maximum atomic E-state index is 4.65. The number of allylic oxidation sites excluding steroid dienone is 2. The van der Waals surface area contributed by atoms with Gasteiger partial charge in [0.25, 0.3) is 0 Å². The average molecular weight is 349 g/mol. The van der Waals surface area contributed by atoms with E-state index in [0.29, 0.717) is 0 Å². The molecule has 0 N–H and O–H groups in total. The summed E-state index contributed by atoms with van der Waals surface area (Å²) in [6.45, 7) is 0.838. The van der Waals surface area contributed by atoms with Gasteiger partial charge in [-0.1, -0.05) is 24.3 Å². The van der Waals surface area contributed by atoms with E-state index in [0.717, 1.165) is 23.8 Å². The SMILES string of the molecule is CN=C1N=C2C=CC(I)=CN2Cc2ccccc21. The smallest absolute Gasteiger partial charge is 0.157 e. The Morgan fingerprint density at radius 3 is 2.94 bits per heavy atom. The van der Waals surface area contributed by atoms with E-state index < -0.39 is 0 Å². The molecule has 0 saturated heterocycles. The maximum Gasteiger partial charge on any atom is 0.157 e. The van der Waals surface area contributed by atoms with Crippen molar-refractivity contribution in [3.05, 3.63) is 57.3 Å². The van der Waals surface area contributed by atoms with Crippen molar-refractivity contribution < 1.29 is 0 Å². The number of fused-ring (bicyclic) bond motifs is 2. The highest BCUT2D eigenvalue weighted by Crippen LogP contribution is 2.23. The molecule has 0 bridgehead atoms. The van der Waals surface area contributed by atoms with E-state index in [2.05, 4.69) is 68.0 Å². The lowest BCUT2D eigenvalue weighted by molar-refractivity contribution is 0.555. The van der Waals surface area contributed by atoms with Crippen molar-refractivity contribution in [3.63, 3.8) is 0 Å². The number of nitrogens with zero attached hydrogens (tertiary/aromatic N) is 3. The first-order valence-corrected chi connectivity index (χ1v) is 6.81. The largest absolute Gasteiger partial charge is 0.327 e. The predicted octanol–water partition coefficient (Wildman–Crippen LogP) is 3.12. The van der Waals surface area contributed by atoms with Crippen LogP contribution < -0.4 is 0 Å². The Balaban J connectivity index is 2.16. The Kier molecular flexibility index (Phi) is 3.03. The Labute approximate surface area is 120 Å². The summed E-state index contributed by atoms with van der Waals surface area (Å²) in [5.41, 5.74) is 2.38. The fourth-order valence-electron chi connectivity index (χ4n) is 2.14. The topological polar surface area (TPSA) is 28.0 Å². The van der Waals surface area contributed by atoms with Crippen LogP contribution in [0.25, 0.3) is 0 Å². The van der Waals surface area contributed by atoms with E-state index in [1.807, 2.05) is 12.1 Å². The molecule has 0 aliphatic carbocycles. The number of hydrogen-bond donors (Lipinski definition) is 0. The summed E-state index contributed by atoms with van der Waals surface area (Å²) in [6, 6.07) is 8.31. The molecule has 1 aromatic rings. The molecule has 3 nitrogen and oxygen atoms in total. The number of benzene rings is 1. The van der Waals surface area contributed by atoms with Crippen molar-refractivity contribution in [2.24, 2.45) is 9.98 Å². The van der Waals surface area contributed by atoms with E-state index >= 15 is 0 Å². The third-order valence-corrected chi connectivity index (χ3v) is 3.63. The third-order valence-electron chi connectivity index (χ3n) is 3.00. The molecule has 2 aliphatic heterocycles. The Morgan fingerprint density at radius 2 is 2.11 bits per heavy atom. The maximum absolute atomic E-state index is 4.65. The van der Waals surface area contributed by atoms with E-state index in [1.165, 1.54) is 9.14 Å². The van der Waals surface area contributed by atoms with Crippen LogP contribution in [-0.4, -0.2) is 23.6 Å². The molecule has 2 aliphatic rings. The molecular formula is C14H12IN3. The van der Waals surface area contributed by atoms with Gasteiger partial charge in [-0.3, -0.25) is 4.99 Å². The van der Waals surface area contributed by atoms with Crippen LogP contribution in [0.15, 0.2) is 56.2 Å². The predicted molar refractivity (Wildman–Crippen MR) is 83.1 cm³/mol. The molecule has 0 spiro atoms. The van der Waals surface area contributed by atoms with Crippen LogP contribution >= 0.6 is 22.6 Å². The van der Waals surface area contributed by atoms with Crippen molar-refractivity contribution in [1.82, 2.24) is 4.90 Å². The van der Waals surface area contributed by atoms with Gasteiger partial charge in [-0.25, -0.2) is 4.99 Å². The molecule has 0 unspecified atom stereocenters. The van der Waals surface area contributed by atoms with Gasteiger partial charge < -0.3 is 4.90 Å². The molecule has 0 saturated carbocycles. The lowest BCUT2D eigenvalue weighted by Gasteiger charge is -2.21. The fraction of sp³-hybridized carbons (Fsp3) is 0.143. The summed E-state index contributed by atoms with van der Waals surface area (Å²) in [4.78, 5) is 11.1. The number of rotatable bonds is 0. The first-order chi connectivity index (χ1) is 8.78. The van der Waals surface area contributed by atoms with Crippen molar-refractivity contribution in [3.8, 4) is 0 Å². The molecule has 2 heterocycles. The van der Waals surface area contributed by atoms with Gasteiger partial charge in [0.2, 0.25) is 0 Å². The molecule has 0 aromatic heterocycles. The monoisotopic (exact) mass is 349 g/mol. The van der Waals surface area contributed by atoms with Crippen LogP contribution in [0.1, 0.15) is 11.1 Å². The highest BCUT2D eigenvalue weighted by atomic mass is 127. The lowest BCUT2D eigenvalue weighted by Crippen LogP contribution is -2.24. The minimum atomic E-state index is 0.804. The zero-order chi connectivity index (χ0) is 12.5. The Hall–Kier alpha value is -1.43. The van der Waals surface area contributed by atoms with Crippen LogP contribution in [0, 0.1) is 0 Å². The summed E-state index contributed by atoms with van der Waals surface area (Å²) in [7, 11) is 1.79. The highest BCUT2D eigenvalue weighted by Gasteiger charge is 2.20. The molecule has 0 radical (unpaired) electrons. The summed E-state index contributed by atoms with van der Waals surface area (Å²) < 4.78 is 1.21. The quantitative estimate of drug-likeness (QED) is 0.662. The second-order valence-corrected chi connectivity index (χ2v) is 5.40. The molecule has 0 fully saturated rings. The minimum Gasteiger partial charge on any atom is -0.327 e. The lowest BCUT2D eigenvalue weighted by atomic mass is 10.1. The number of amidine groups is 2. The van der Waals surface area contributed by atoms with Gasteiger partial charge in [0.1, 0.15) is 5.84 Å². The molecule has 18 heavy (non-hydrogen) atoms. The standard InChI is InChI=1S/C14H12IN3/c1-16-14-12-5-3-2-4-10(12)8-18-9-11(15)6-7-13(18)17-14/h2-7,9H,8H2,1H3. The number of halogens is 1. The van der Waals surface area contributed by atoms with Crippen LogP contribution in [0.5, 0.6) is 0 Å². The van der Waals surface area contributed by atoms with Gasteiger partial charge >= 0.3 is 0 Å². The van der Waals surface area contributed by atoms with E-state index in [1.54, 1.807) is 7.05 Å². The molecule has 4 heteroatoms. The van der Waals surface area contributed by atoms with Gasteiger partial charge in [-0.15, -0.1) is 0 Å². The van der Waals surface area contributed by atoms with E-state index in [4.69, 9.17) is 0 Å². The zero-order valence-electron chi connectivity index (χ0n) is 9.97. The van der Waals surface area contributed by atoms with Crippen LogP contribution in [-0.2, 0) is 6.54 Å². The number of hydrogen-bond acceptors (Lipinski definition) is 2. The third kappa shape index (κ3) is 2.01. The summed E-state index contributed by atoms with van der Waals surface area (Å²) in [5.74, 6) is 1.75. The summed E-state index contributed by atoms with van der Waals surface area (Å²) in [6.07, 6.45) is 6.23. The molecule has 0 atom stereocenters. The summed E-state index contributed by atoms with van der Waals surface area (Å²) in [5, 5.41) is 0. The summed E-state index contributed by atoms with van der Waals surface area (Å²) >= 11 is 2.32. The van der Waals surface area contributed by atoms with Crippen LogP contribution in [0.4, 0.5) is 0 Å². The van der Waals surface area contributed by atoms with E-state index in [9.17, 15) is 0 Å². The minimum absolute atomic E-state index is 0.804. The van der Waals surface area contributed by atoms with Gasteiger partial charge in [0.05, 0.1) is 0 Å². The molecule has 90 valence electrons. The van der Waals surface area contributed by atoms with Crippen molar-refractivity contribution in [2.45, 2.75) is 6.54 Å². The normalized spacial score (nSPS) is 19.9. The number of aliphatic imine (C=N–C) groups is 2. The first-order valence-electron chi connectivity index (χ1n) is 5.74. The van der Waals surface area contributed by atoms with Crippen LogP contribution in [0.2, 0.25) is 0 Å². The van der Waals surface area contributed by atoms with Crippen molar-refractivity contribution in [2.75, 3.05) is 7.05 Å². The molecule has 3 rings (SSSR count). The Morgan fingerprint density at radius 1 is 1.28 bits per heavy atom. The van der Waals surface area contributed by atoms with E-state index in [-0.39, 0.29) is 0 Å². The highest BCUT2D eigenvalue weighted by molar-refractivity contribution is 14.1. The molecule has 1 aromatic carbocycles. The molecular weight excluding hydrogens is 337 g/mol. The van der Waals surface area contributed by atoms with Crippen LogP contribution in [0.3, 0.4) is 0 Å². The second kappa shape index (κ2) is 4.68. The van der Waals surface area contributed by atoms with Gasteiger partial charge in [-0.2, -0.15) is 0 Å². The molecule has 0 amide bonds. The van der Waals surface area contributed by atoms with Gasteiger partial charge in [-0.05, 0) is 40.3 Å². The zero-order valence-corrected chi connectivity index (χ0v) is 12.1. The van der Waals surface area contributed by atoms with Crippen molar-refractivity contribution >= 4 is 34.3 Å². The first kappa shape index (κ1) is 11.6. The van der Waals surface area contributed by atoms with Gasteiger partial charge in [0.15, 0.2) is 5.84 Å². The van der Waals surface area contributed by atoms with Crippen molar-refractivity contribution in [1.29, 1.82) is 0 Å². The second-order valence-electron chi connectivity index (χ2n) is 4.15. The Bertz CT molecular complexity index is 611. The average Bonchev–Trinajstić information content (AvgIpc) is 2.54. The fourth-order valence-corrected chi connectivity index (χ4v) is 2.65. The van der Waals surface area contributed by atoms with Gasteiger partial charge in [0, 0.05) is 28.9 Å².